The van der Waals surface area contributed by atoms with Crippen molar-refractivity contribution in [2.24, 2.45) is 0 Å². The fourth-order valence-corrected chi connectivity index (χ4v) is 1.15. The Morgan fingerprint density at radius 1 is 1.22 bits per heavy atom. The SMILES string of the molecule is O=C(O)C1=CC(C(O)(C(F)(F)F)C(F)(F)F)ON1. The number of rotatable bonds is 2. The van der Waals surface area contributed by atoms with Gasteiger partial charge in [-0.3, -0.25) is 10.3 Å². The minimum absolute atomic E-state index is 0.0106. The summed E-state index contributed by atoms with van der Waals surface area (Å²) >= 11 is 0. The maximum absolute atomic E-state index is 12.3. The Bertz CT molecular complexity index is 372. The average Bonchev–Trinajstić information content (AvgIpc) is 2.61. The van der Waals surface area contributed by atoms with E-state index in [0.29, 0.717) is 0 Å². The van der Waals surface area contributed by atoms with E-state index < -0.39 is 35.7 Å². The third-order valence-electron chi connectivity index (χ3n) is 2.12. The van der Waals surface area contributed by atoms with E-state index in [1.54, 1.807) is 0 Å². The highest BCUT2D eigenvalue weighted by molar-refractivity contribution is 5.86. The smallest absolute Gasteiger partial charge is 0.429 e. The van der Waals surface area contributed by atoms with Gasteiger partial charge in [-0.2, -0.15) is 26.3 Å². The molecule has 0 aliphatic carbocycles. The van der Waals surface area contributed by atoms with Crippen molar-refractivity contribution in [2.45, 2.75) is 24.1 Å². The molecule has 0 amide bonds. The molecule has 0 saturated heterocycles. The highest BCUT2D eigenvalue weighted by Gasteiger charge is 2.75. The van der Waals surface area contributed by atoms with Crippen LogP contribution in [0.25, 0.3) is 0 Å². The number of hydroxylamine groups is 1. The summed E-state index contributed by atoms with van der Waals surface area (Å²) in [7, 11) is 0. The van der Waals surface area contributed by atoms with Crippen molar-refractivity contribution >= 4 is 5.97 Å². The third-order valence-corrected chi connectivity index (χ3v) is 2.12. The zero-order chi connectivity index (χ0) is 14.4. The lowest BCUT2D eigenvalue weighted by Gasteiger charge is -2.34. The summed E-state index contributed by atoms with van der Waals surface area (Å²) in [5, 5.41) is 17.2. The van der Waals surface area contributed by atoms with Crippen molar-refractivity contribution in [3.05, 3.63) is 11.8 Å². The van der Waals surface area contributed by atoms with Crippen LogP contribution in [0.2, 0.25) is 0 Å². The van der Waals surface area contributed by atoms with Gasteiger partial charge in [-0.25, -0.2) is 4.79 Å². The molecule has 1 unspecified atom stereocenters. The molecule has 11 heteroatoms. The molecule has 0 aromatic heterocycles. The fourth-order valence-electron chi connectivity index (χ4n) is 1.15. The molecule has 18 heavy (non-hydrogen) atoms. The summed E-state index contributed by atoms with van der Waals surface area (Å²) in [5.74, 6) is -1.83. The van der Waals surface area contributed by atoms with Gasteiger partial charge in [0, 0.05) is 0 Å². The van der Waals surface area contributed by atoms with Gasteiger partial charge in [-0.15, -0.1) is 0 Å². The predicted octanol–water partition coefficient (Wildman–Crippen LogP) is 0.714. The fraction of sp³-hybridized carbons (Fsp3) is 0.571. The Balaban J connectivity index is 3.21. The Kier molecular flexibility index (Phi) is 3.25. The largest absolute Gasteiger partial charge is 0.477 e. The molecular formula is C7H5F6NO4. The number of aliphatic hydroxyl groups is 1. The molecular weight excluding hydrogens is 276 g/mol. The minimum Gasteiger partial charge on any atom is -0.477 e. The van der Waals surface area contributed by atoms with Crippen LogP contribution in [0.1, 0.15) is 0 Å². The predicted molar refractivity (Wildman–Crippen MR) is 40.8 cm³/mol. The number of alkyl halides is 6. The second-order valence-electron chi connectivity index (χ2n) is 3.29. The first-order chi connectivity index (χ1) is 7.91. The summed E-state index contributed by atoms with van der Waals surface area (Å²) in [6.07, 6.45) is -15.2. The van der Waals surface area contributed by atoms with E-state index in [2.05, 4.69) is 4.84 Å². The van der Waals surface area contributed by atoms with Crippen molar-refractivity contribution in [1.82, 2.24) is 5.48 Å². The standard InChI is InChI=1S/C7H5F6NO4/c8-6(9,10)5(17,7(11,12)13)3-1-2(4(15)16)14-18-3/h1,3,14,17H,(H,15,16). The molecule has 0 bridgehead atoms. The van der Waals surface area contributed by atoms with Gasteiger partial charge in [0.2, 0.25) is 0 Å². The Hall–Kier alpha value is -1.49. The quantitative estimate of drug-likeness (QED) is 0.650. The van der Waals surface area contributed by atoms with Crippen LogP contribution in [0.4, 0.5) is 26.3 Å². The number of halogens is 6. The van der Waals surface area contributed by atoms with Crippen molar-refractivity contribution in [3.63, 3.8) is 0 Å². The molecule has 3 N–H and O–H groups in total. The topological polar surface area (TPSA) is 78.8 Å². The second-order valence-corrected chi connectivity index (χ2v) is 3.29. The van der Waals surface area contributed by atoms with E-state index >= 15 is 0 Å². The van der Waals surface area contributed by atoms with Crippen molar-refractivity contribution < 1.29 is 46.2 Å². The molecule has 1 rings (SSSR count). The lowest BCUT2D eigenvalue weighted by molar-refractivity contribution is -0.390. The number of hydrogen-bond acceptors (Lipinski definition) is 4. The van der Waals surface area contributed by atoms with Gasteiger partial charge >= 0.3 is 18.3 Å². The van der Waals surface area contributed by atoms with Crippen molar-refractivity contribution in [1.29, 1.82) is 0 Å². The number of hydrogen-bond donors (Lipinski definition) is 3. The summed E-state index contributed by atoms with van der Waals surface area (Å²) in [4.78, 5) is 14.2. The average molecular weight is 281 g/mol. The van der Waals surface area contributed by atoms with Crippen LogP contribution >= 0.6 is 0 Å². The van der Waals surface area contributed by atoms with E-state index in [1.807, 2.05) is 0 Å². The highest BCUT2D eigenvalue weighted by atomic mass is 19.4. The van der Waals surface area contributed by atoms with Crippen LogP contribution in [0.15, 0.2) is 11.8 Å². The molecule has 0 radical (unpaired) electrons. The van der Waals surface area contributed by atoms with Crippen LogP contribution < -0.4 is 5.48 Å². The summed E-state index contributed by atoms with van der Waals surface area (Å²) in [5.41, 5.74) is -4.88. The molecule has 0 saturated carbocycles. The lowest BCUT2D eigenvalue weighted by Crippen LogP contribution is -2.64. The van der Waals surface area contributed by atoms with E-state index in [4.69, 9.17) is 10.2 Å². The van der Waals surface area contributed by atoms with Crippen molar-refractivity contribution in [3.8, 4) is 0 Å². The summed E-state index contributed by atoms with van der Waals surface area (Å²) < 4.78 is 74.0. The van der Waals surface area contributed by atoms with Gasteiger partial charge in [0.1, 0.15) is 5.70 Å². The van der Waals surface area contributed by atoms with Gasteiger partial charge in [0.05, 0.1) is 0 Å². The van der Waals surface area contributed by atoms with E-state index in [0.717, 1.165) is 0 Å². The number of nitrogens with one attached hydrogen (secondary N) is 1. The molecule has 0 fully saturated rings. The normalized spacial score (nSPS) is 21.5. The van der Waals surface area contributed by atoms with Crippen LogP contribution in [0, 0.1) is 0 Å². The van der Waals surface area contributed by atoms with E-state index in [-0.39, 0.29) is 6.08 Å². The molecule has 1 aliphatic rings. The maximum atomic E-state index is 12.3. The number of carbonyl (C=O) groups is 1. The first-order valence-corrected chi connectivity index (χ1v) is 4.14. The summed E-state index contributed by atoms with van der Waals surface area (Å²) in [6.45, 7) is 0. The van der Waals surface area contributed by atoms with Crippen molar-refractivity contribution in [2.75, 3.05) is 0 Å². The molecule has 1 aliphatic heterocycles. The first kappa shape index (κ1) is 14.6. The molecule has 1 atom stereocenters. The van der Waals surface area contributed by atoms with Gasteiger partial charge in [-0.1, -0.05) is 0 Å². The third kappa shape index (κ3) is 2.10. The van der Waals surface area contributed by atoms with Crippen LogP contribution in [-0.4, -0.2) is 40.2 Å². The van der Waals surface area contributed by atoms with Gasteiger partial charge in [-0.05, 0) is 6.08 Å². The van der Waals surface area contributed by atoms with Gasteiger partial charge in [0.15, 0.2) is 6.10 Å². The lowest BCUT2D eigenvalue weighted by atomic mass is 9.94. The number of carboxylic acid groups (broad SMARTS) is 1. The number of carboxylic acids is 1. The molecule has 0 aromatic rings. The molecule has 104 valence electrons. The number of aliphatic carboxylic acids is 1. The first-order valence-electron chi connectivity index (χ1n) is 4.14. The molecule has 0 spiro atoms. The van der Waals surface area contributed by atoms with E-state index in [1.165, 1.54) is 5.48 Å². The Morgan fingerprint density at radius 2 is 1.67 bits per heavy atom. The Morgan fingerprint density at radius 3 is 1.94 bits per heavy atom. The summed E-state index contributed by atoms with van der Waals surface area (Å²) in [6, 6.07) is 0. The van der Waals surface area contributed by atoms with Crippen LogP contribution in [0.5, 0.6) is 0 Å². The second kappa shape index (κ2) is 4.02. The molecule has 1 heterocycles. The van der Waals surface area contributed by atoms with E-state index in [9.17, 15) is 31.1 Å². The van der Waals surface area contributed by atoms with Gasteiger partial charge in [0.25, 0.3) is 5.60 Å². The Labute approximate surface area is 94.6 Å². The zero-order valence-corrected chi connectivity index (χ0v) is 8.13. The van der Waals surface area contributed by atoms with Gasteiger partial charge < -0.3 is 10.2 Å². The minimum atomic E-state index is -6.10. The van der Waals surface area contributed by atoms with Crippen LogP contribution in [-0.2, 0) is 9.63 Å². The van der Waals surface area contributed by atoms with Crippen LogP contribution in [0.3, 0.4) is 0 Å². The highest BCUT2D eigenvalue weighted by Crippen LogP contribution is 2.47. The zero-order valence-electron chi connectivity index (χ0n) is 8.13. The molecule has 0 aromatic carbocycles. The molecule has 5 nitrogen and oxygen atoms in total. The maximum Gasteiger partial charge on any atom is 0.429 e. The monoisotopic (exact) mass is 281 g/mol.